The zero-order chi connectivity index (χ0) is 34.2. The lowest BCUT2D eigenvalue weighted by Gasteiger charge is -2.37. The fourth-order valence-electron chi connectivity index (χ4n) is 7.64. The third kappa shape index (κ3) is 4.56. The number of hydrogen-bond acceptors (Lipinski definition) is 6. The number of ether oxygens (including phenoxy) is 3. The molecule has 0 N–H and O–H groups in total. The Kier molecular flexibility index (Phi) is 6.24. The Hall–Kier alpha value is -6.99. The second-order valence-electron chi connectivity index (χ2n) is 13.2. The van der Waals surface area contributed by atoms with E-state index in [1.54, 1.807) is 0 Å². The summed E-state index contributed by atoms with van der Waals surface area (Å²) in [5.74, 6) is 6.78. The van der Waals surface area contributed by atoms with Crippen LogP contribution in [0.2, 0.25) is 0 Å². The minimum Gasteiger partial charge on any atom is -0.458 e. The highest BCUT2D eigenvalue weighted by atomic mass is 16.5. The van der Waals surface area contributed by atoms with Gasteiger partial charge < -0.3 is 14.2 Å². The molecule has 0 unspecified atom stereocenters. The van der Waals surface area contributed by atoms with E-state index in [4.69, 9.17) is 29.2 Å². The molecule has 3 aliphatic rings. The van der Waals surface area contributed by atoms with Crippen molar-refractivity contribution in [1.29, 1.82) is 0 Å². The average molecular weight is 668 g/mol. The molecule has 242 valence electrons. The third-order valence-corrected chi connectivity index (χ3v) is 10.0. The van der Waals surface area contributed by atoms with Gasteiger partial charge in [-0.2, -0.15) is 0 Å². The summed E-state index contributed by atoms with van der Waals surface area (Å²) in [6, 6.07) is 53.3. The molecule has 0 spiro atoms. The van der Waals surface area contributed by atoms with Crippen molar-refractivity contribution in [3.8, 4) is 90.9 Å². The summed E-state index contributed by atoms with van der Waals surface area (Å²) in [5.41, 5.74) is 10.1. The maximum Gasteiger partial charge on any atom is 0.270 e. The molecule has 0 bridgehead atoms. The first-order chi connectivity index (χ1) is 25.7. The summed E-state index contributed by atoms with van der Waals surface area (Å²) >= 11 is 0. The molecular formula is C45H26BN3O3. The van der Waals surface area contributed by atoms with Gasteiger partial charge in [0.2, 0.25) is 0 Å². The van der Waals surface area contributed by atoms with Crippen LogP contribution in [0.4, 0.5) is 0 Å². The molecule has 0 amide bonds. The average Bonchev–Trinajstić information content (AvgIpc) is 3.21. The van der Waals surface area contributed by atoms with Gasteiger partial charge >= 0.3 is 0 Å². The Morgan fingerprint density at radius 2 is 0.635 bits per heavy atom. The first-order valence-corrected chi connectivity index (χ1v) is 17.3. The standard InChI is InChI=1S/C45H26BN3O3/c1-3-11-27(12-4-1)43-47-44(28-13-5-2-6-14-28)49-45(48-43)32-18-8-16-30(24-32)29-15-7-17-31(23-29)33-25-38-42-39(26-33)52-37-22-10-20-35-41(37)46(42)40-34(50-35)19-9-21-36(40)51-38/h1-26H. The Balaban J connectivity index is 0.994. The van der Waals surface area contributed by atoms with Crippen molar-refractivity contribution in [3.63, 3.8) is 0 Å². The number of nitrogens with zero attached hydrogens (tertiary/aromatic N) is 3. The van der Waals surface area contributed by atoms with Gasteiger partial charge in [-0.3, -0.25) is 0 Å². The maximum atomic E-state index is 6.60. The molecule has 52 heavy (non-hydrogen) atoms. The summed E-state index contributed by atoms with van der Waals surface area (Å²) in [7, 11) is 0. The van der Waals surface area contributed by atoms with E-state index in [1.807, 2.05) is 97.1 Å². The van der Waals surface area contributed by atoms with Crippen molar-refractivity contribution in [1.82, 2.24) is 15.0 Å². The first-order valence-electron chi connectivity index (χ1n) is 17.3. The van der Waals surface area contributed by atoms with E-state index in [9.17, 15) is 0 Å². The van der Waals surface area contributed by atoms with Crippen molar-refractivity contribution in [2.24, 2.45) is 0 Å². The molecule has 7 heteroatoms. The van der Waals surface area contributed by atoms with E-state index in [-0.39, 0.29) is 6.71 Å². The molecule has 0 saturated heterocycles. The fourth-order valence-corrected chi connectivity index (χ4v) is 7.64. The van der Waals surface area contributed by atoms with Crippen LogP contribution in [0.5, 0.6) is 34.5 Å². The second-order valence-corrected chi connectivity index (χ2v) is 13.2. The van der Waals surface area contributed by atoms with Crippen molar-refractivity contribution in [2.45, 2.75) is 0 Å². The molecule has 11 rings (SSSR count). The topological polar surface area (TPSA) is 66.4 Å². The predicted octanol–water partition coefficient (Wildman–Crippen LogP) is 9.04. The van der Waals surface area contributed by atoms with E-state index in [1.165, 1.54) is 0 Å². The Bertz CT molecular complexity index is 2600. The second kappa shape index (κ2) is 11.3. The van der Waals surface area contributed by atoms with Crippen LogP contribution < -0.4 is 30.6 Å². The smallest absolute Gasteiger partial charge is 0.270 e. The van der Waals surface area contributed by atoms with Gasteiger partial charge in [0.25, 0.3) is 6.71 Å². The van der Waals surface area contributed by atoms with E-state index in [0.717, 1.165) is 89.8 Å². The highest BCUT2D eigenvalue weighted by Gasteiger charge is 2.46. The van der Waals surface area contributed by atoms with Gasteiger partial charge in [0.1, 0.15) is 34.5 Å². The van der Waals surface area contributed by atoms with Crippen LogP contribution in [0.1, 0.15) is 0 Å². The molecule has 1 aromatic heterocycles. The molecule has 0 radical (unpaired) electrons. The van der Waals surface area contributed by atoms with Crippen LogP contribution in [0.3, 0.4) is 0 Å². The molecule has 0 fully saturated rings. The van der Waals surface area contributed by atoms with Crippen molar-refractivity contribution < 1.29 is 14.2 Å². The van der Waals surface area contributed by atoms with Crippen LogP contribution in [-0.2, 0) is 0 Å². The molecule has 0 saturated carbocycles. The lowest BCUT2D eigenvalue weighted by molar-refractivity contribution is 0.443. The highest BCUT2D eigenvalue weighted by Crippen LogP contribution is 2.43. The summed E-state index contributed by atoms with van der Waals surface area (Å²) in [5, 5.41) is 0. The summed E-state index contributed by atoms with van der Waals surface area (Å²) in [4.78, 5) is 14.8. The largest absolute Gasteiger partial charge is 0.458 e. The van der Waals surface area contributed by atoms with Gasteiger partial charge in [0.05, 0.1) is 0 Å². The van der Waals surface area contributed by atoms with Gasteiger partial charge in [0, 0.05) is 33.1 Å². The van der Waals surface area contributed by atoms with Crippen molar-refractivity contribution >= 4 is 23.1 Å². The number of hydrogen-bond donors (Lipinski definition) is 0. The van der Waals surface area contributed by atoms with Crippen LogP contribution in [-0.4, -0.2) is 21.7 Å². The SMILES string of the molecule is c1ccc(-c2nc(-c3ccccc3)nc(-c3cccc(-c4cccc(-c5cc6c7c(c5)Oc5cccc8c5B7c5c(cccc5O6)O8)c4)c3)n2)cc1. The number of benzene rings is 7. The molecule has 3 aliphatic heterocycles. The number of rotatable bonds is 5. The van der Waals surface area contributed by atoms with Gasteiger partial charge in [-0.15, -0.1) is 0 Å². The molecular weight excluding hydrogens is 641 g/mol. The quantitative estimate of drug-likeness (QED) is 0.171. The van der Waals surface area contributed by atoms with E-state index in [2.05, 4.69) is 60.7 Å². The minimum absolute atomic E-state index is 0.0120. The fraction of sp³-hybridized carbons (Fsp3) is 0. The molecule has 7 aromatic carbocycles. The monoisotopic (exact) mass is 667 g/mol. The van der Waals surface area contributed by atoms with Crippen LogP contribution >= 0.6 is 0 Å². The summed E-state index contributed by atoms with van der Waals surface area (Å²) < 4.78 is 19.5. The zero-order valence-electron chi connectivity index (χ0n) is 27.7. The highest BCUT2D eigenvalue weighted by molar-refractivity contribution is 6.99. The third-order valence-electron chi connectivity index (χ3n) is 10.0. The lowest BCUT2D eigenvalue weighted by atomic mass is 9.34. The Morgan fingerprint density at radius 3 is 1.13 bits per heavy atom. The zero-order valence-corrected chi connectivity index (χ0v) is 27.7. The lowest BCUT2D eigenvalue weighted by Crippen LogP contribution is -2.59. The van der Waals surface area contributed by atoms with Crippen LogP contribution in [0.15, 0.2) is 158 Å². The maximum absolute atomic E-state index is 6.60. The van der Waals surface area contributed by atoms with Crippen molar-refractivity contribution in [3.05, 3.63) is 158 Å². The minimum atomic E-state index is -0.0120. The molecule has 6 nitrogen and oxygen atoms in total. The first kappa shape index (κ1) is 28.8. The van der Waals surface area contributed by atoms with E-state index >= 15 is 0 Å². The van der Waals surface area contributed by atoms with Crippen molar-refractivity contribution in [2.75, 3.05) is 0 Å². The molecule has 4 heterocycles. The summed E-state index contributed by atoms with van der Waals surface area (Å²) in [6.45, 7) is -0.0120. The van der Waals surface area contributed by atoms with Crippen LogP contribution in [0.25, 0.3) is 56.4 Å². The van der Waals surface area contributed by atoms with Gasteiger partial charge in [-0.05, 0) is 70.8 Å². The van der Waals surface area contributed by atoms with Gasteiger partial charge in [-0.1, -0.05) is 109 Å². The van der Waals surface area contributed by atoms with E-state index < -0.39 is 0 Å². The molecule has 8 aromatic rings. The molecule has 0 atom stereocenters. The predicted molar refractivity (Wildman–Crippen MR) is 205 cm³/mol. The summed E-state index contributed by atoms with van der Waals surface area (Å²) in [6.07, 6.45) is 0. The van der Waals surface area contributed by atoms with Crippen LogP contribution in [0, 0.1) is 0 Å². The van der Waals surface area contributed by atoms with Gasteiger partial charge in [0.15, 0.2) is 17.5 Å². The number of aromatic nitrogens is 3. The Morgan fingerprint density at radius 1 is 0.288 bits per heavy atom. The van der Waals surface area contributed by atoms with Gasteiger partial charge in [-0.25, -0.2) is 15.0 Å². The molecule has 0 aliphatic carbocycles. The normalized spacial score (nSPS) is 12.7. The Labute approximate surface area is 300 Å². The van der Waals surface area contributed by atoms with E-state index in [0.29, 0.717) is 17.5 Å².